The van der Waals surface area contributed by atoms with Gasteiger partial charge in [-0.3, -0.25) is 0 Å². The van der Waals surface area contributed by atoms with Gasteiger partial charge in [0.2, 0.25) is 0 Å². The molecule has 0 fully saturated rings. The first-order chi connectivity index (χ1) is 12.2. The third-order valence-corrected chi connectivity index (χ3v) is 3.39. The van der Waals surface area contributed by atoms with Gasteiger partial charge < -0.3 is 25.3 Å². The lowest BCUT2D eigenvalue weighted by Gasteiger charge is -2.10. The lowest BCUT2D eigenvalue weighted by Crippen LogP contribution is -2.23. The molecule has 2 aromatic carbocycles. The second kappa shape index (κ2) is 8.03. The average Bonchev–Trinajstić information content (AvgIpc) is 3.16. The highest BCUT2D eigenvalue weighted by atomic mass is 16.5. The van der Waals surface area contributed by atoms with Crippen LogP contribution in [-0.2, 0) is 0 Å². The minimum atomic E-state index is -0.830. The van der Waals surface area contributed by atoms with Crippen LogP contribution in [0.25, 0.3) is 0 Å². The predicted octanol–water partition coefficient (Wildman–Crippen LogP) is 3.53. The number of rotatable bonds is 6. The Morgan fingerprint density at radius 3 is 2.64 bits per heavy atom. The number of nitrogens with one attached hydrogen (secondary N) is 1. The molecule has 0 saturated carbocycles. The first-order valence-electron chi connectivity index (χ1n) is 7.82. The number of ether oxygens (including phenoxy) is 1. The molecule has 0 aliphatic carbocycles. The Morgan fingerprint density at radius 2 is 1.88 bits per heavy atom. The van der Waals surface area contributed by atoms with E-state index in [1.54, 1.807) is 12.1 Å². The Labute approximate surface area is 145 Å². The molecule has 0 bridgehead atoms. The Hall–Kier alpha value is -3.25. The summed E-state index contributed by atoms with van der Waals surface area (Å²) >= 11 is 0. The van der Waals surface area contributed by atoms with Crippen molar-refractivity contribution in [3.05, 3.63) is 78.8 Å². The maximum Gasteiger partial charge on any atom is 0.193 e. The molecule has 1 aromatic heterocycles. The van der Waals surface area contributed by atoms with Crippen molar-refractivity contribution in [2.24, 2.45) is 10.7 Å². The zero-order chi connectivity index (χ0) is 17.5. The number of aliphatic hydroxyl groups excluding tert-OH is 1. The summed E-state index contributed by atoms with van der Waals surface area (Å²) in [7, 11) is 0. The number of hydrogen-bond donors (Lipinski definition) is 3. The van der Waals surface area contributed by atoms with Crippen molar-refractivity contribution in [2.45, 2.75) is 6.10 Å². The molecule has 0 aliphatic heterocycles. The Balaban J connectivity index is 1.60. The summed E-state index contributed by atoms with van der Waals surface area (Å²) in [6.07, 6.45) is 0.672. The van der Waals surface area contributed by atoms with Crippen LogP contribution in [0.2, 0.25) is 0 Å². The molecule has 1 unspecified atom stereocenters. The summed E-state index contributed by atoms with van der Waals surface area (Å²) in [5, 5.41) is 12.9. The number of para-hydroxylation sites is 1. The fourth-order valence-electron chi connectivity index (χ4n) is 2.21. The van der Waals surface area contributed by atoms with Crippen molar-refractivity contribution in [3.8, 4) is 11.5 Å². The summed E-state index contributed by atoms with van der Waals surface area (Å²) in [6, 6.07) is 20.3. The third-order valence-electron chi connectivity index (χ3n) is 3.39. The number of nitrogens with zero attached hydrogens (tertiary/aromatic N) is 1. The standard InChI is InChI=1S/C19H19N3O3/c20-19(21-13-17(23)18-10-5-11-24-18)22-14-6-4-9-16(12-14)25-15-7-2-1-3-8-15/h1-12,17,23H,13H2,(H3,20,21,22). The van der Waals surface area contributed by atoms with Crippen LogP contribution in [0.1, 0.15) is 11.9 Å². The van der Waals surface area contributed by atoms with Gasteiger partial charge in [-0.05, 0) is 36.4 Å². The van der Waals surface area contributed by atoms with Crippen LogP contribution in [0.5, 0.6) is 11.5 Å². The number of furan rings is 1. The SMILES string of the molecule is NC(=NCC(O)c1ccco1)Nc1cccc(Oc2ccccc2)c1. The van der Waals surface area contributed by atoms with Crippen LogP contribution in [0, 0.1) is 0 Å². The summed E-state index contributed by atoms with van der Waals surface area (Å²) in [5.41, 5.74) is 6.60. The fraction of sp³-hybridized carbons (Fsp3) is 0.105. The molecule has 0 aliphatic rings. The zero-order valence-electron chi connectivity index (χ0n) is 13.5. The molecule has 0 spiro atoms. The van der Waals surface area contributed by atoms with Crippen LogP contribution in [-0.4, -0.2) is 17.6 Å². The Morgan fingerprint density at radius 1 is 1.08 bits per heavy atom. The van der Waals surface area contributed by atoms with Crippen molar-refractivity contribution >= 4 is 11.6 Å². The molecule has 3 rings (SSSR count). The van der Waals surface area contributed by atoms with Gasteiger partial charge in [-0.2, -0.15) is 0 Å². The smallest absolute Gasteiger partial charge is 0.193 e. The highest BCUT2D eigenvalue weighted by Gasteiger charge is 2.09. The molecule has 0 radical (unpaired) electrons. The van der Waals surface area contributed by atoms with Crippen LogP contribution >= 0.6 is 0 Å². The normalized spacial score (nSPS) is 12.6. The van der Waals surface area contributed by atoms with Gasteiger partial charge in [0.15, 0.2) is 5.96 Å². The maximum atomic E-state index is 9.93. The molecule has 4 N–H and O–H groups in total. The largest absolute Gasteiger partial charge is 0.467 e. The topological polar surface area (TPSA) is 93.0 Å². The highest BCUT2D eigenvalue weighted by molar-refractivity contribution is 5.92. The minimum Gasteiger partial charge on any atom is -0.467 e. The van der Waals surface area contributed by atoms with Crippen molar-refractivity contribution in [3.63, 3.8) is 0 Å². The van der Waals surface area contributed by atoms with E-state index in [1.807, 2.05) is 54.6 Å². The molecular formula is C19H19N3O3. The molecule has 1 heterocycles. The van der Waals surface area contributed by atoms with Crippen molar-refractivity contribution < 1.29 is 14.3 Å². The van der Waals surface area contributed by atoms with Gasteiger partial charge in [-0.1, -0.05) is 24.3 Å². The summed E-state index contributed by atoms with van der Waals surface area (Å²) < 4.78 is 10.9. The number of hydrogen-bond acceptors (Lipinski definition) is 4. The lowest BCUT2D eigenvalue weighted by molar-refractivity contribution is 0.158. The van der Waals surface area contributed by atoms with E-state index >= 15 is 0 Å². The summed E-state index contributed by atoms with van der Waals surface area (Å²) in [6.45, 7) is 0.104. The average molecular weight is 337 g/mol. The van der Waals surface area contributed by atoms with E-state index in [4.69, 9.17) is 14.9 Å². The minimum absolute atomic E-state index is 0.104. The fourth-order valence-corrected chi connectivity index (χ4v) is 2.21. The van der Waals surface area contributed by atoms with E-state index in [2.05, 4.69) is 10.3 Å². The molecule has 6 nitrogen and oxygen atoms in total. The van der Waals surface area contributed by atoms with Crippen LogP contribution in [0.15, 0.2) is 82.4 Å². The van der Waals surface area contributed by atoms with E-state index in [9.17, 15) is 5.11 Å². The van der Waals surface area contributed by atoms with Gasteiger partial charge in [-0.25, -0.2) is 4.99 Å². The lowest BCUT2D eigenvalue weighted by atomic mass is 10.3. The first-order valence-corrected chi connectivity index (χ1v) is 7.82. The second-order valence-electron chi connectivity index (χ2n) is 5.33. The molecule has 25 heavy (non-hydrogen) atoms. The Bertz CT molecular complexity index is 817. The number of nitrogens with two attached hydrogens (primary N) is 1. The summed E-state index contributed by atoms with van der Waals surface area (Å²) in [4.78, 5) is 4.12. The van der Waals surface area contributed by atoms with Crippen LogP contribution < -0.4 is 15.8 Å². The quantitative estimate of drug-likeness (QED) is 0.472. The third kappa shape index (κ3) is 4.86. The molecule has 3 aromatic rings. The zero-order valence-corrected chi connectivity index (χ0v) is 13.5. The number of aliphatic imine (C=N–C) groups is 1. The van der Waals surface area contributed by atoms with Gasteiger partial charge in [0.25, 0.3) is 0 Å². The van der Waals surface area contributed by atoms with E-state index in [1.165, 1.54) is 6.26 Å². The van der Waals surface area contributed by atoms with Gasteiger partial charge in [0.1, 0.15) is 23.4 Å². The summed E-state index contributed by atoms with van der Waals surface area (Å²) in [5.74, 6) is 2.08. The maximum absolute atomic E-state index is 9.93. The van der Waals surface area contributed by atoms with E-state index in [-0.39, 0.29) is 12.5 Å². The van der Waals surface area contributed by atoms with Gasteiger partial charge in [0.05, 0.1) is 12.8 Å². The van der Waals surface area contributed by atoms with E-state index in [0.29, 0.717) is 11.5 Å². The van der Waals surface area contributed by atoms with Crippen molar-refractivity contribution in [1.29, 1.82) is 0 Å². The van der Waals surface area contributed by atoms with Gasteiger partial charge in [-0.15, -0.1) is 0 Å². The molecule has 6 heteroatoms. The molecular weight excluding hydrogens is 318 g/mol. The second-order valence-corrected chi connectivity index (χ2v) is 5.33. The van der Waals surface area contributed by atoms with E-state index in [0.717, 1.165) is 11.4 Å². The molecule has 128 valence electrons. The first kappa shape index (κ1) is 16.6. The van der Waals surface area contributed by atoms with Crippen LogP contribution in [0.4, 0.5) is 5.69 Å². The monoisotopic (exact) mass is 337 g/mol. The number of guanidine groups is 1. The van der Waals surface area contributed by atoms with Crippen LogP contribution in [0.3, 0.4) is 0 Å². The molecule has 1 atom stereocenters. The predicted molar refractivity (Wildman–Crippen MR) is 96.7 cm³/mol. The van der Waals surface area contributed by atoms with Gasteiger partial charge in [0, 0.05) is 11.8 Å². The Kier molecular flexibility index (Phi) is 5.33. The van der Waals surface area contributed by atoms with Gasteiger partial charge >= 0.3 is 0 Å². The van der Waals surface area contributed by atoms with Crippen molar-refractivity contribution in [1.82, 2.24) is 0 Å². The van der Waals surface area contributed by atoms with E-state index < -0.39 is 6.10 Å². The van der Waals surface area contributed by atoms with Crippen molar-refractivity contribution in [2.75, 3.05) is 11.9 Å². The molecule has 0 amide bonds. The number of benzene rings is 2. The number of aliphatic hydroxyl groups is 1. The highest BCUT2D eigenvalue weighted by Crippen LogP contribution is 2.23. The molecule has 0 saturated heterocycles. The number of anilines is 1.